The van der Waals surface area contributed by atoms with Crippen LogP contribution in [0.2, 0.25) is 0 Å². The van der Waals surface area contributed by atoms with E-state index < -0.39 is 0 Å². The molecule has 1 aliphatic rings. The van der Waals surface area contributed by atoms with Crippen molar-refractivity contribution in [3.05, 3.63) is 63.6 Å². The van der Waals surface area contributed by atoms with Crippen LogP contribution < -0.4 is 11.0 Å². The monoisotopic (exact) mass is 308 g/mol. The van der Waals surface area contributed by atoms with Crippen molar-refractivity contribution in [3.8, 4) is 0 Å². The van der Waals surface area contributed by atoms with Crippen molar-refractivity contribution in [1.82, 2.24) is 9.97 Å². The Kier molecular flexibility index (Phi) is 4.66. The lowest BCUT2D eigenvalue weighted by Crippen LogP contribution is -2.14. The van der Waals surface area contributed by atoms with Gasteiger partial charge in [0.1, 0.15) is 0 Å². The SMILES string of the molecule is Cc1cc(=O)[nH]c(NN=C2CCCC/C2=C\c2ccccc2)n1. The molecule has 0 bridgehead atoms. The highest BCUT2D eigenvalue weighted by Crippen LogP contribution is 2.23. The number of anilines is 1. The first kappa shape index (κ1) is 15.2. The largest absolute Gasteiger partial charge is 0.291 e. The summed E-state index contributed by atoms with van der Waals surface area (Å²) in [6.07, 6.45) is 6.45. The van der Waals surface area contributed by atoms with Crippen molar-refractivity contribution in [2.45, 2.75) is 32.6 Å². The van der Waals surface area contributed by atoms with E-state index in [0.29, 0.717) is 11.6 Å². The van der Waals surface area contributed by atoms with Crippen molar-refractivity contribution < 1.29 is 0 Å². The van der Waals surface area contributed by atoms with Gasteiger partial charge >= 0.3 is 0 Å². The summed E-state index contributed by atoms with van der Waals surface area (Å²) in [6, 6.07) is 11.7. The second-order valence-corrected chi connectivity index (χ2v) is 5.69. The first-order chi connectivity index (χ1) is 11.2. The van der Waals surface area contributed by atoms with Crippen LogP contribution in [0.1, 0.15) is 36.9 Å². The molecule has 0 unspecified atom stereocenters. The first-order valence-electron chi connectivity index (χ1n) is 7.87. The molecular weight excluding hydrogens is 288 g/mol. The number of hydrogen-bond acceptors (Lipinski definition) is 4. The zero-order chi connectivity index (χ0) is 16.1. The molecule has 0 atom stereocenters. The average molecular weight is 308 g/mol. The Morgan fingerprint density at radius 3 is 2.78 bits per heavy atom. The number of benzene rings is 1. The Labute approximate surface area is 135 Å². The maximum atomic E-state index is 11.5. The van der Waals surface area contributed by atoms with E-state index in [2.05, 4.69) is 38.7 Å². The van der Waals surface area contributed by atoms with E-state index in [1.165, 1.54) is 23.6 Å². The lowest BCUT2D eigenvalue weighted by Gasteiger charge is -2.17. The van der Waals surface area contributed by atoms with Gasteiger partial charge in [0.2, 0.25) is 5.95 Å². The van der Waals surface area contributed by atoms with Crippen molar-refractivity contribution in [3.63, 3.8) is 0 Å². The number of rotatable bonds is 3. The number of aryl methyl sites for hydroxylation is 1. The number of aromatic nitrogens is 2. The number of nitrogens with one attached hydrogen (secondary N) is 2. The predicted octanol–water partition coefficient (Wildman–Crippen LogP) is 3.50. The van der Waals surface area contributed by atoms with Crippen LogP contribution in [0.4, 0.5) is 5.95 Å². The molecule has 3 rings (SSSR count). The summed E-state index contributed by atoms with van der Waals surface area (Å²) in [5, 5.41) is 4.48. The number of allylic oxidation sites excluding steroid dienone is 1. The minimum atomic E-state index is -0.177. The molecule has 0 saturated heterocycles. The Balaban J connectivity index is 1.83. The van der Waals surface area contributed by atoms with Gasteiger partial charge in [-0.3, -0.25) is 9.78 Å². The number of aromatic amines is 1. The summed E-state index contributed by atoms with van der Waals surface area (Å²) >= 11 is 0. The van der Waals surface area contributed by atoms with Crippen molar-refractivity contribution in [1.29, 1.82) is 0 Å². The van der Waals surface area contributed by atoms with E-state index in [1.54, 1.807) is 6.92 Å². The fourth-order valence-corrected chi connectivity index (χ4v) is 2.70. The molecular formula is C18H20N4O. The average Bonchev–Trinajstić information content (AvgIpc) is 2.54. The number of hydrogen-bond donors (Lipinski definition) is 2. The van der Waals surface area contributed by atoms with E-state index in [-0.39, 0.29) is 5.56 Å². The molecule has 118 valence electrons. The van der Waals surface area contributed by atoms with Crippen LogP contribution in [0, 0.1) is 6.92 Å². The molecule has 2 aromatic rings. The van der Waals surface area contributed by atoms with Crippen LogP contribution in [0.15, 0.2) is 51.9 Å². The molecule has 5 heteroatoms. The van der Waals surface area contributed by atoms with E-state index in [9.17, 15) is 4.79 Å². The Morgan fingerprint density at radius 2 is 2.00 bits per heavy atom. The summed E-state index contributed by atoms with van der Waals surface area (Å²) < 4.78 is 0. The molecule has 1 fully saturated rings. The van der Waals surface area contributed by atoms with E-state index in [1.807, 2.05) is 18.2 Å². The van der Waals surface area contributed by atoms with Crippen LogP contribution in [0.3, 0.4) is 0 Å². The van der Waals surface area contributed by atoms with Crippen LogP contribution >= 0.6 is 0 Å². The second kappa shape index (κ2) is 7.05. The van der Waals surface area contributed by atoms with Crippen molar-refractivity contribution >= 4 is 17.7 Å². The number of H-pyrrole nitrogens is 1. The highest BCUT2D eigenvalue weighted by Gasteiger charge is 2.13. The zero-order valence-electron chi connectivity index (χ0n) is 13.2. The molecule has 1 aliphatic carbocycles. The lowest BCUT2D eigenvalue weighted by atomic mass is 9.91. The molecule has 2 N–H and O–H groups in total. The maximum Gasteiger partial charge on any atom is 0.252 e. The standard InChI is InChI=1S/C18H20N4O/c1-13-11-17(23)20-18(19-13)22-21-16-10-6-5-9-15(16)12-14-7-3-2-4-8-14/h2-4,7-8,11-12H,5-6,9-10H2,1H3,(H2,19,20,22,23)/b15-12+,21-16?. The van der Waals surface area contributed by atoms with Gasteiger partial charge in [0.25, 0.3) is 5.56 Å². The summed E-state index contributed by atoms with van der Waals surface area (Å²) in [5.41, 5.74) is 6.83. The van der Waals surface area contributed by atoms with Gasteiger partial charge in [0.05, 0.1) is 5.71 Å². The van der Waals surface area contributed by atoms with Gasteiger partial charge < -0.3 is 0 Å². The molecule has 1 aromatic carbocycles. The molecule has 0 spiro atoms. The lowest BCUT2D eigenvalue weighted by molar-refractivity contribution is 0.734. The summed E-state index contributed by atoms with van der Waals surface area (Å²) in [4.78, 5) is 18.4. The van der Waals surface area contributed by atoms with Crippen LogP contribution in [-0.2, 0) is 0 Å². The zero-order valence-corrected chi connectivity index (χ0v) is 13.2. The molecule has 1 heterocycles. The topological polar surface area (TPSA) is 70.1 Å². The van der Waals surface area contributed by atoms with E-state index in [0.717, 1.165) is 25.0 Å². The van der Waals surface area contributed by atoms with Crippen LogP contribution in [0.5, 0.6) is 0 Å². The maximum absolute atomic E-state index is 11.5. The third-order valence-electron chi connectivity index (χ3n) is 3.79. The molecule has 5 nitrogen and oxygen atoms in total. The van der Waals surface area contributed by atoms with Gasteiger partial charge in [0, 0.05) is 11.8 Å². The fourth-order valence-electron chi connectivity index (χ4n) is 2.70. The Hall–Kier alpha value is -2.69. The summed E-state index contributed by atoms with van der Waals surface area (Å²) in [5.74, 6) is 0.382. The van der Waals surface area contributed by atoms with Gasteiger partial charge in [-0.2, -0.15) is 5.10 Å². The highest BCUT2D eigenvalue weighted by molar-refractivity contribution is 6.04. The minimum absolute atomic E-state index is 0.177. The molecule has 0 aliphatic heterocycles. The van der Waals surface area contributed by atoms with Gasteiger partial charge in [-0.25, -0.2) is 10.4 Å². The second-order valence-electron chi connectivity index (χ2n) is 5.69. The van der Waals surface area contributed by atoms with E-state index in [4.69, 9.17) is 0 Å². The van der Waals surface area contributed by atoms with E-state index >= 15 is 0 Å². The van der Waals surface area contributed by atoms with Gasteiger partial charge in [0.15, 0.2) is 0 Å². The number of nitrogens with zero attached hydrogens (tertiary/aromatic N) is 2. The van der Waals surface area contributed by atoms with Gasteiger partial charge in [-0.05, 0) is 49.8 Å². The molecule has 1 aromatic heterocycles. The number of hydrazone groups is 1. The van der Waals surface area contributed by atoms with Crippen molar-refractivity contribution in [2.24, 2.45) is 5.10 Å². The molecule has 0 radical (unpaired) electrons. The van der Waals surface area contributed by atoms with Gasteiger partial charge in [-0.15, -0.1) is 0 Å². The Bertz CT molecular complexity index is 790. The smallest absolute Gasteiger partial charge is 0.252 e. The van der Waals surface area contributed by atoms with Crippen molar-refractivity contribution in [2.75, 3.05) is 5.43 Å². The van der Waals surface area contributed by atoms with Crippen LogP contribution in [-0.4, -0.2) is 15.7 Å². The first-order valence-corrected chi connectivity index (χ1v) is 7.87. The third kappa shape index (κ3) is 4.16. The fraction of sp³-hybridized carbons (Fsp3) is 0.278. The van der Waals surface area contributed by atoms with Crippen LogP contribution in [0.25, 0.3) is 6.08 Å². The Morgan fingerprint density at radius 1 is 1.22 bits per heavy atom. The molecule has 0 amide bonds. The summed E-state index contributed by atoms with van der Waals surface area (Å²) in [6.45, 7) is 1.79. The highest BCUT2D eigenvalue weighted by atomic mass is 16.1. The summed E-state index contributed by atoms with van der Waals surface area (Å²) in [7, 11) is 0. The molecule has 1 saturated carbocycles. The normalized spacial score (nSPS) is 18.3. The predicted molar refractivity (Wildman–Crippen MR) is 93.5 cm³/mol. The van der Waals surface area contributed by atoms with Gasteiger partial charge in [-0.1, -0.05) is 30.3 Å². The third-order valence-corrected chi connectivity index (χ3v) is 3.79. The minimum Gasteiger partial charge on any atom is -0.291 e. The quantitative estimate of drug-likeness (QED) is 0.853. The molecule has 23 heavy (non-hydrogen) atoms.